The lowest BCUT2D eigenvalue weighted by molar-refractivity contribution is 0.906. The summed E-state index contributed by atoms with van der Waals surface area (Å²) in [6, 6.07) is 12.8. The van der Waals surface area contributed by atoms with E-state index < -0.39 is 0 Å². The quantitative estimate of drug-likeness (QED) is 0.449. The van der Waals surface area contributed by atoms with Gasteiger partial charge in [0, 0.05) is 28.9 Å². The summed E-state index contributed by atoms with van der Waals surface area (Å²) in [7, 11) is 0. The number of hydrogen-bond donors (Lipinski definition) is 3. The maximum absolute atomic E-state index is 12.6. The average Bonchev–Trinajstić information content (AvgIpc) is 3.22. The normalized spacial score (nSPS) is 11.4. The van der Waals surface area contributed by atoms with Gasteiger partial charge >= 0.3 is 0 Å². The Hall–Kier alpha value is -3.94. The molecule has 0 saturated heterocycles. The van der Waals surface area contributed by atoms with E-state index in [0.29, 0.717) is 28.4 Å². The summed E-state index contributed by atoms with van der Waals surface area (Å²) in [5, 5.41) is 11.1. The van der Waals surface area contributed by atoms with Crippen molar-refractivity contribution in [1.82, 2.24) is 29.8 Å². The topological polar surface area (TPSA) is 118 Å². The van der Waals surface area contributed by atoms with Crippen molar-refractivity contribution in [2.75, 3.05) is 5.73 Å². The summed E-state index contributed by atoms with van der Waals surface area (Å²) >= 11 is 0. The summed E-state index contributed by atoms with van der Waals surface area (Å²) in [6.07, 6.45) is 1.68. The van der Waals surface area contributed by atoms with Crippen LogP contribution in [0.1, 0.15) is 5.69 Å². The molecule has 0 spiro atoms. The number of anilines is 1. The van der Waals surface area contributed by atoms with E-state index in [1.807, 2.05) is 43.3 Å². The lowest BCUT2D eigenvalue weighted by Gasteiger charge is -2.03. The number of nitrogen functional groups attached to an aromatic ring is 1. The highest BCUT2D eigenvalue weighted by molar-refractivity contribution is 5.88. The molecule has 1 aromatic carbocycles. The van der Waals surface area contributed by atoms with E-state index >= 15 is 0 Å². The molecule has 0 amide bonds. The fraction of sp³-hybridized carbons (Fsp3) is 0.0526. The maximum Gasteiger partial charge on any atom is 0.273 e. The second-order valence-electron chi connectivity index (χ2n) is 6.33. The zero-order chi connectivity index (χ0) is 18.5. The average molecular weight is 357 g/mol. The molecule has 8 heteroatoms. The van der Waals surface area contributed by atoms with Crippen LogP contribution in [0.5, 0.6) is 0 Å². The van der Waals surface area contributed by atoms with Gasteiger partial charge in [-0.2, -0.15) is 9.61 Å². The highest BCUT2D eigenvalue weighted by Gasteiger charge is 2.17. The smallest absolute Gasteiger partial charge is 0.273 e. The summed E-state index contributed by atoms with van der Waals surface area (Å²) in [6.45, 7) is 1.96. The Morgan fingerprint density at radius 1 is 1.11 bits per heavy atom. The second kappa shape index (κ2) is 5.53. The first-order valence-corrected chi connectivity index (χ1v) is 8.39. The molecule has 0 aliphatic rings. The van der Waals surface area contributed by atoms with E-state index in [1.165, 1.54) is 10.6 Å². The molecule has 4 heterocycles. The van der Waals surface area contributed by atoms with E-state index in [1.54, 1.807) is 6.20 Å². The van der Waals surface area contributed by atoms with Gasteiger partial charge in [0.2, 0.25) is 0 Å². The Kier molecular flexibility index (Phi) is 3.14. The third-order valence-electron chi connectivity index (χ3n) is 4.61. The number of rotatable bonds is 2. The first-order chi connectivity index (χ1) is 13.1. The van der Waals surface area contributed by atoms with Crippen molar-refractivity contribution in [2.45, 2.75) is 6.92 Å². The molecular weight excluding hydrogens is 342 g/mol. The summed E-state index contributed by atoms with van der Waals surface area (Å²) in [5.74, 6) is 0.344. The zero-order valence-corrected chi connectivity index (χ0v) is 14.4. The molecule has 4 aromatic heterocycles. The minimum absolute atomic E-state index is 0.243. The number of nitrogens with zero attached hydrogens (tertiary/aromatic N) is 4. The fourth-order valence-electron chi connectivity index (χ4n) is 3.26. The third-order valence-corrected chi connectivity index (χ3v) is 4.61. The van der Waals surface area contributed by atoms with Crippen LogP contribution in [0, 0.1) is 6.92 Å². The van der Waals surface area contributed by atoms with Gasteiger partial charge in [-0.25, -0.2) is 4.98 Å². The van der Waals surface area contributed by atoms with Gasteiger partial charge in [-0.05, 0) is 31.2 Å². The van der Waals surface area contributed by atoms with Crippen molar-refractivity contribution in [2.24, 2.45) is 0 Å². The number of pyridine rings is 1. The number of nitrogens with one attached hydrogen (secondary N) is 2. The van der Waals surface area contributed by atoms with Crippen molar-refractivity contribution in [1.29, 1.82) is 0 Å². The van der Waals surface area contributed by atoms with Crippen LogP contribution in [-0.2, 0) is 0 Å². The molecule has 0 atom stereocenters. The first kappa shape index (κ1) is 15.3. The second-order valence-corrected chi connectivity index (χ2v) is 6.33. The number of hydrogen-bond acceptors (Lipinski definition) is 5. The van der Waals surface area contributed by atoms with E-state index in [2.05, 4.69) is 20.3 Å². The summed E-state index contributed by atoms with van der Waals surface area (Å²) in [5.41, 5.74) is 10.8. The van der Waals surface area contributed by atoms with Gasteiger partial charge in [-0.3, -0.25) is 20.0 Å². The Bertz CT molecular complexity index is 1360. The van der Waals surface area contributed by atoms with Crippen LogP contribution in [0.25, 0.3) is 39.1 Å². The number of nitrogens with two attached hydrogens (primary N) is 1. The van der Waals surface area contributed by atoms with Crippen LogP contribution in [-0.4, -0.2) is 29.8 Å². The number of benzene rings is 1. The molecule has 0 saturated carbocycles. The van der Waals surface area contributed by atoms with Gasteiger partial charge in [-0.1, -0.05) is 12.1 Å². The lowest BCUT2D eigenvalue weighted by atomic mass is 10.1. The summed E-state index contributed by atoms with van der Waals surface area (Å²) < 4.78 is 1.34. The van der Waals surface area contributed by atoms with Crippen LogP contribution in [0.15, 0.2) is 53.5 Å². The number of aromatic amines is 2. The Labute approximate surface area is 152 Å². The van der Waals surface area contributed by atoms with E-state index in [-0.39, 0.29) is 5.56 Å². The van der Waals surface area contributed by atoms with Gasteiger partial charge in [0.1, 0.15) is 5.82 Å². The number of aryl methyl sites for hydroxylation is 1. The van der Waals surface area contributed by atoms with Gasteiger partial charge in [0.15, 0.2) is 5.65 Å². The predicted octanol–water partition coefficient (Wildman–Crippen LogP) is 2.52. The number of aromatic nitrogens is 6. The monoisotopic (exact) mass is 357 g/mol. The van der Waals surface area contributed by atoms with Crippen LogP contribution in [0.4, 0.5) is 5.82 Å². The molecule has 0 fully saturated rings. The van der Waals surface area contributed by atoms with E-state index in [0.717, 1.165) is 22.2 Å². The molecule has 132 valence electrons. The fourth-order valence-corrected chi connectivity index (χ4v) is 3.26. The van der Waals surface area contributed by atoms with Gasteiger partial charge in [0.25, 0.3) is 5.56 Å². The van der Waals surface area contributed by atoms with Crippen LogP contribution in [0.3, 0.4) is 0 Å². The number of H-pyrrole nitrogens is 2. The molecular formula is C19H15N7O. The molecule has 5 aromatic rings. The van der Waals surface area contributed by atoms with Crippen molar-refractivity contribution in [3.05, 3.63) is 64.7 Å². The van der Waals surface area contributed by atoms with Crippen molar-refractivity contribution in [3.8, 4) is 22.5 Å². The van der Waals surface area contributed by atoms with Gasteiger partial charge in [-0.15, -0.1) is 0 Å². The SMILES string of the molecule is Cc1[nH]nc2ccc(-c3cc(=O)n4[nH]c(N)c(-c5ccccn5)c4n3)cc12. The molecule has 0 radical (unpaired) electrons. The largest absolute Gasteiger partial charge is 0.383 e. The van der Waals surface area contributed by atoms with E-state index in [4.69, 9.17) is 10.7 Å². The molecule has 4 N–H and O–H groups in total. The Balaban J connectivity index is 1.78. The van der Waals surface area contributed by atoms with Crippen LogP contribution in [0.2, 0.25) is 0 Å². The highest BCUT2D eigenvalue weighted by Crippen LogP contribution is 2.29. The van der Waals surface area contributed by atoms with Crippen LogP contribution < -0.4 is 11.3 Å². The molecule has 27 heavy (non-hydrogen) atoms. The van der Waals surface area contributed by atoms with Gasteiger partial charge < -0.3 is 5.73 Å². The maximum atomic E-state index is 12.6. The molecule has 8 nitrogen and oxygen atoms in total. The Morgan fingerprint density at radius 3 is 2.81 bits per heavy atom. The molecule has 0 aliphatic heterocycles. The van der Waals surface area contributed by atoms with Crippen molar-refractivity contribution >= 4 is 22.4 Å². The van der Waals surface area contributed by atoms with Crippen molar-refractivity contribution in [3.63, 3.8) is 0 Å². The molecule has 0 aliphatic carbocycles. The van der Waals surface area contributed by atoms with Crippen molar-refractivity contribution < 1.29 is 0 Å². The minimum atomic E-state index is -0.243. The zero-order valence-electron chi connectivity index (χ0n) is 14.4. The van der Waals surface area contributed by atoms with Gasteiger partial charge in [0.05, 0.1) is 22.5 Å². The molecule has 0 bridgehead atoms. The number of fused-ring (bicyclic) bond motifs is 2. The highest BCUT2D eigenvalue weighted by atomic mass is 16.1. The third kappa shape index (κ3) is 2.30. The molecule has 5 rings (SSSR count). The Morgan fingerprint density at radius 2 is 2.00 bits per heavy atom. The molecule has 0 unspecified atom stereocenters. The first-order valence-electron chi connectivity index (χ1n) is 8.39. The predicted molar refractivity (Wildman–Crippen MR) is 103 cm³/mol. The minimum Gasteiger partial charge on any atom is -0.383 e. The summed E-state index contributed by atoms with van der Waals surface area (Å²) in [4.78, 5) is 21.7. The lowest BCUT2D eigenvalue weighted by Crippen LogP contribution is -2.14. The van der Waals surface area contributed by atoms with E-state index in [9.17, 15) is 4.79 Å². The standard InChI is InChI=1S/C19H15N7O/c1-10-12-8-11(5-6-13(12)24-23-10)15-9-16(27)26-19(22-15)17(18(20)25-26)14-4-2-3-7-21-14/h2-9,25H,20H2,1H3,(H,23,24). The van der Waals surface area contributed by atoms with Crippen LogP contribution >= 0.6 is 0 Å².